The number of carbonyl (C=O) groups is 2. The molecule has 0 radical (unpaired) electrons. The Morgan fingerprint density at radius 3 is 2.57 bits per heavy atom. The third-order valence-corrected chi connectivity index (χ3v) is 5.05. The molecule has 0 aromatic heterocycles. The second-order valence-electron chi connectivity index (χ2n) is 6.80. The lowest BCUT2D eigenvalue weighted by atomic mass is 9.92. The molecule has 148 valence electrons. The highest BCUT2D eigenvalue weighted by molar-refractivity contribution is 6.34. The third-order valence-electron chi connectivity index (χ3n) is 4.73. The van der Waals surface area contributed by atoms with Crippen LogP contribution in [0.2, 0.25) is 5.02 Å². The summed E-state index contributed by atoms with van der Waals surface area (Å²) < 4.78 is 10.8. The molecule has 0 spiro atoms. The van der Waals surface area contributed by atoms with Crippen molar-refractivity contribution >= 4 is 29.2 Å². The van der Waals surface area contributed by atoms with Crippen LogP contribution in [-0.2, 0) is 22.4 Å². The van der Waals surface area contributed by atoms with E-state index in [0.717, 1.165) is 12.8 Å². The van der Waals surface area contributed by atoms with Gasteiger partial charge in [-0.3, -0.25) is 4.79 Å². The molecule has 1 aliphatic rings. The zero-order valence-electron chi connectivity index (χ0n) is 16.1. The van der Waals surface area contributed by atoms with Gasteiger partial charge in [0.15, 0.2) is 6.10 Å². The van der Waals surface area contributed by atoms with Gasteiger partial charge in [-0.2, -0.15) is 0 Å². The number of aryl methyl sites for hydroxylation is 2. The summed E-state index contributed by atoms with van der Waals surface area (Å²) in [6.07, 6.45) is 3.90. The van der Waals surface area contributed by atoms with Gasteiger partial charge in [0.2, 0.25) is 0 Å². The molecule has 0 saturated carbocycles. The van der Waals surface area contributed by atoms with Crippen LogP contribution in [0.15, 0.2) is 36.4 Å². The number of fused-ring (bicyclic) bond motifs is 1. The van der Waals surface area contributed by atoms with Crippen molar-refractivity contribution in [3.05, 3.63) is 58.1 Å². The first-order chi connectivity index (χ1) is 13.5. The van der Waals surface area contributed by atoms with Crippen LogP contribution in [-0.4, -0.2) is 24.6 Å². The maximum absolute atomic E-state index is 12.5. The third kappa shape index (κ3) is 4.84. The van der Waals surface area contributed by atoms with Gasteiger partial charge >= 0.3 is 5.97 Å². The van der Waals surface area contributed by atoms with Gasteiger partial charge in [0, 0.05) is 5.69 Å². The van der Waals surface area contributed by atoms with Gasteiger partial charge in [-0.25, -0.2) is 4.79 Å². The van der Waals surface area contributed by atoms with Crippen LogP contribution in [0, 0.1) is 0 Å². The van der Waals surface area contributed by atoms with E-state index in [1.807, 2.05) is 12.1 Å². The standard InChI is InChI=1S/C22H24ClNO4/c1-3-27-22(26)19-11-9-17(13-20(19)23)24-21(25)14(2)28-18-10-8-15-6-4-5-7-16(15)12-18/h8-14H,3-7H2,1-2H3,(H,24,25)/t14-/m0/s1. The van der Waals surface area contributed by atoms with Crippen LogP contribution >= 0.6 is 11.6 Å². The van der Waals surface area contributed by atoms with E-state index in [1.54, 1.807) is 19.9 Å². The molecular formula is C22H24ClNO4. The zero-order valence-corrected chi connectivity index (χ0v) is 16.8. The van der Waals surface area contributed by atoms with E-state index in [0.29, 0.717) is 11.4 Å². The molecule has 0 aliphatic heterocycles. The molecule has 2 aromatic carbocycles. The number of nitrogens with one attached hydrogen (secondary N) is 1. The summed E-state index contributed by atoms with van der Waals surface area (Å²) in [6.45, 7) is 3.69. The molecule has 0 saturated heterocycles. The number of esters is 1. The van der Waals surface area contributed by atoms with Gasteiger partial charge in [-0.1, -0.05) is 17.7 Å². The summed E-state index contributed by atoms with van der Waals surface area (Å²) in [5.41, 5.74) is 3.42. The van der Waals surface area contributed by atoms with Crippen LogP contribution < -0.4 is 10.1 Å². The Labute approximate surface area is 170 Å². The molecule has 1 amide bonds. The number of benzene rings is 2. The van der Waals surface area contributed by atoms with Crippen molar-refractivity contribution in [3.8, 4) is 5.75 Å². The molecule has 28 heavy (non-hydrogen) atoms. The monoisotopic (exact) mass is 401 g/mol. The molecule has 0 unspecified atom stereocenters. The molecule has 2 aromatic rings. The summed E-state index contributed by atoms with van der Waals surface area (Å²) in [5.74, 6) is -0.0915. The molecule has 1 atom stereocenters. The Morgan fingerprint density at radius 2 is 1.86 bits per heavy atom. The molecule has 0 fully saturated rings. The minimum Gasteiger partial charge on any atom is -0.481 e. The second-order valence-corrected chi connectivity index (χ2v) is 7.21. The van der Waals surface area contributed by atoms with E-state index < -0.39 is 12.1 Å². The smallest absolute Gasteiger partial charge is 0.339 e. The number of carbonyl (C=O) groups excluding carboxylic acids is 2. The minimum absolute atomic E-state index is 0.222. The fraction of sp³-hybridized carbons (Fsp3) is 0.364. The predicted octanol–water partition coefficient (Wildman–Crippen LogP) is 4.80. The molecule has 6 heteroatoms. The highest BCUT2D eigenvalue weighted by atomic mass is 35.5. The number of halogens is 1. The van der Waals surface area contributed by atoms with Crippen molar-refractivity contribution in [2.24, 2.45) is 0 Å². The van der Waals surface area contributed by atoms with E-state index in [-0.39, 0.29) is 23.1 Å². The fourth-order valence-electron chi connectivity index (χ4n) is 3.25. The quantitative estimate of drug-likeness (QED) is 0.706. The fourth-order valence-corrected chi connectivity index (χ4v) is 3.51. The minimum atomic E-state index is -0.676. The van der Waals surface area contributed by atoms with E-state index in [9.17, 15) is 9.59 Å². The maximum Gasteiger partial charge on any atom is 0.339 e. The Bertz CT molecular complexity index is 881. The SMILES string of the molecule is CCOC(=O)c1ccc(NC(=O)[C@H](C)Oc2ccc3c(c2)CCCC3)cc1Cl. The van der Waals surface area contributed by atoms with E-state index in [4.69, 9.17) is 21.1 Å². The van der Waals surface area contributed by atoms with Crippen LogP contribution in [0.4, 0.5) is 5.69 Å². The molecule has 5 nitrogen and oxygen atoms in total. The summed E-state index contributed by atoms with van der Waals surface area (Å²) in [7, 11) is 0. The van der Waals surface area contributed by atoms with E-state index >= 15 is 0 Å². The van der Waals surface area contributed by atoms with Gasteiger partial charge in [-0.15, -0.1) is 0 Å². The van der Waals surface area contributed by atoms with Crippen molar-refractivity contribution in [1.82, 2.24) is 0 Å². The van der Waals surface area contributed by atoms with E-state index in [1.165, 1.54) is 36.1 Å². The molecule has 1 aliphatic carbocycles. The lowest BCUT2D eigenvalue weighted by Gasteiger charge is -2.19. The first-order valence-corrected chi connectivity index (χ1v) is 9.91. The molecule has 0 bridgehead atoms. The lowest BCUT2D eigenvalue weighted by Crippen LogP contribution is -2.30. The van der Waals surface area contributed by atoms with Crippen LogP contribution in [0.1, 0.15) is 48.2 Å². The van der Waals surface area contributed by atoms with E-state index in [2.05, 4.69) is 11.4 Å². The van der Waals surface area contributed by atoms with Crippen molar-refractivity contribution in [2.45, 2.75) is 45.6 Å². The maximum atomic E-state index is 12.5. The lowest BCUT2D eigenvalue weighted by molar-refractivity contribution is -0.122. The summed E-state index contributed by atoms with van der Waals surface area (Å²) >= 11 is 6.14. The number of ether oxygens (including phenoxy) is 2. The van der Waals surface area contributed by atoms with Crippen LogP contribution in [0.25, 0.3) is 0 Å². The Balaban J connectivity index is 1.62. The first kappa shape index (κ1) is 20.2. The largest absolute Gasteiger partial charge is 0.481 e. The first-order valence-electron chi connectivity index (χ1n) is 9.54. The van der Waals surface area contributed by atoms with Crippen molar-refractivity contribution in [3.63, 3.8) is 0 Å². The highest BCUT2D eigenvalue weighted by Crippen LogP contribution is 2.26. The second kappa shape index (κ2) is 9.11. The molecule has 3 rings (SSSR count). The van der Waals surface area contributed by atoms with Gasteiger partial charge in [-0.05, 0) is 81.0 Å². The Morgan fingerprint density at radius 1 is 1.11 bits per heavy atom. The van der Waals surface area contributed by atoms with Crippen molar-refractivity contribution in [2.75, 3.05) is 11.9 Å². The summed E-state index contributed by atoms with van der Waals surface area (Å²) in [6, 6.07) is 10.7. The van der Waals surface area contributed by atoms with Crippen molar-refractivity contribution < 1.29 is 19.1 Å². The van der Waals surface area contributed by atoms with Gasteiger partial charge < -0.3 is 14.8 Å². The molecule has 0 heterocycles. The Kier molecular flexibility index (Phi) is 6.57. The number of amides is 1. The topological polar surface area (TPSA) is 64.6 Å². The summed E-state index contributed by atoms with van der Waals surface area (Å²) in [4.78, 5) is 24.3. The predicted molar refractivity (Wildman–Crippen MR) is 109 cm³/mol. The number of hydrogen-bond acceptors (Lipinski definition) is 4. The average molecular weight is 402 g/mol. The van der Waals surface area contributed by atoms with Crippen LogP contribution in [0.5, 0.6) is 5.75 Å². The Hall–Kier alpha value is -2.53. The molecular weight excluding hydrogens is 378 g/mol. The number of rotatable bonds is 6. The normalized spacial score (nSPS) is 14.0. The number of anilines is 1. The van der Waals surface area contributed by atoms with Gasteiger partial charge in [0.25, 0.3) is 5.91 Å². The van der Waals surface area contributed by atoms with Crippen molar-refractivity contribution in [1.29, 1.82) is 0 Å². The highest BCUT2D eigenvalue weighted by Gasteiger charge is 2.18. The summed E-state index contributed by atoms with van der Waals surface area (Å²) in [5, 5.41) is 2.98. The van der Waals surface area contributed by atoms with Crippen LogP contribution in [0.3, 0.4) is 0 Å². The zero-order chi connectivity index (χ0) is 20.1. The van der Waals surface area contributed by atoms with Gasteiger partial charge in [0.05, 0.1) is 17.2 Å². The average Bonchev–Trinajstić information content (AvgIpc) is 2.68. The number of hydrogen-bond donors (Lipinski definition) is 1. The van der Waals surface area contributed by atoms with Gasteiger partial charge in [0.1, 0.15) is 5.75 Å². The molecule has 1 N–H and O–H groups in total.